The smallest absolute Gasteiger partial charge is 0.329 e. The first-order valence-corrected chi connectivity index (χ1v) is 6.72. The van der Waals surface area contributed by atoms with E-state index in [2.05, 4.69) is 4.72 Å². The van der Waals surface area contributed by atoms with E-state index in [4.69, 9.17) is 9.84 Å². The van der Waals surface area contributed by atoms with Crippen LogP contribution in [0.4, 0.5) is 0 Å². The van der Waals surface area contributed by atoms with Crippen LogP contribution in [-0.2, 0) is 19.7 Å². The van der Waals surface area contributed by atoms with Crippen molar-refractivity contribution in [3.8, 4) is 0 Å². The van der Waals surface area contributed by atoms with Gasteiger partial charge in [0.05, 0.1) is 5.60 Å². The Balaban J connectivity index is 2.47. The Labute approximate surface area is 101 Å². The van der Waals surface area contributed by atoms with Gasteiger partial charge in [-0.2, -0.15) is 17.4 Å². The summed E-state index contributed by atoms with van der Waals surface area (Å²) in [6.45, 7) is 5.08. The third-order valence-electron chi connectivity index (χ3n) is 2.29. The maximum absolute atomic E-state index is 11.7. The number of nitrogens with zero attached hydrogens (tertiary/aromatic N) is 1. The van der Waals surface area contributed by atoms with Crippen molar-refractivity contribution in [2.45, 2.75) is 32.4 Å². The highest BCUT2D eigenvalue weighted by atomic mass is 32.2. The SMILES string of the molecule is CC(C)NS(=O)(=O)N1CC(C)(OCC(=O)O)C1. The Morgan fingerprint density at radius 2 is 2.06 bits per heavy atom. The lowest BCUT2D eigenvalue weighted by Crippen LogP contribution is -2.65. The lowest BCUT2D eigenvalue weighted by atomic mass is 10.0. The molecule has 0 unspecified atom stereocenters. The van der Waals surface area contributed by atoms with Crippen LogP contribution in [0.3, 0.4) is 0 Å². The molecule has 0 bridgehead atoms. The van der Waals surface area contributed by atoms with Gasteiger partial charge in [-0.25, -0.2) is 4.79 Å². The van der Waals surface area contributed by atoms with Gasteiger partial charge in [0.15, 0.2) is 0 Å². The average Bonchev–Trinajstić information content (AvgIpc) is 2.08. The molecule has 7 nitrogen and oxygen atoms in total. The third kappa shape index (κ3) is 3.91. The van der Waals surface area contributed by atoms with Crippen molar-refractivity contribution >= 4 is 16.2 Å². The second-order valence-corrected chi connectivity index (χ2v) is 6.38. The summed E-state index contributed by atoms with van der Waals surface area (Å²) < 4.78 is 32.2. The van der Waals surface area contributed by atoms with E-state index in [0.717, 1.165) is 0 Å². The fourth-order valence-corrected chi connectivity index (χ4v) is 3.20. The van der Waals surface area contributed by atoms with E-state index in [1.54, 1.807) is 20.8 Å². The fraction of sp³-hybridized carbons (Fsp3) is 0.889. The number of aliphatic carboxylic acids is 1. The predicted octanol–water partition coefficient (Wildman–Crippen LogP) is -0.595. The number of carboxylic acids is 1. The van der Waals surface area contributed by atoms with Gasteiger partial charge in [0.2, 0.25) is 0 Å². The minimum absolute atomic E-state index is 0.169. The van der Waals surface area contributed by atoms with Crippen molar-refractivity contribution in [3.05, 3.63) is 0 Å². The van der Waals surface area contributed by atoms with Gasteiger partial charge in [0.25, 0.3) is 10.2 Å². The number of rotatable bonds is 6. The van der Waals surface area contributed by atoms with Gasteiger partial charge in [0.1, 0.15) is 6.61 Å². The predicted molar refractivity (Wildman–Crippen MR) is 60.8 cm³/mol. The number of hydrogen-bond donors (Lipinski definition) is 2. The molecule has 0 amide bonds. The molecule has 1 heterocycles. The molecule has 1 fully saturated rings. The largest absolute Gasteiger partial charge is 0.480 e. The normalized spacial score (nSPS) is 20.2. The molecule has 1 saturated heterocycles. The van der Waals surface area contributed by atoms with Gasteiger partial charge in [-0.15, -0.1) is 0 Å². The molecule has 100 valence electrons. The van der Waals surface area contributed by atoms with Crippen molar-refractivity contribution in [1.82, 2.24) is 9.03 Å². The first kappa shape index (κ1) is 14.4. The molecule has 0 radical (unpaired) electrons. The van der Waals surface area contributed by atoms with Crippen molar-refractivity contribution in [1.29, 1.82) is 0 Å². The Kier molecular flexibility index (Phi) is 4.13. The Morgan fingerprint density at radius 3 is 2.47 bits per heavy atom. The first-order valence-electron chi connectivity index (χ1n) is 5.28. The second-order valence-electron chi connectivity index (χ2n) is 4.68. The monoisotopic (exact) mass is 266 g/mol. The summed E-state index contributed by atoms with van der Waals surface area (Å²) >= 11 is 0. The lowest BCUT2D eigenvalue weighted by Gasteiger charge is -2.46. The van der Waals surface area contributed by atoms with Gasteiger partial charge < -0.3 is 9.84 Å². The summed E-state index contributed by atoms with van der Waals surface area (Å²) in [5.74, 6) is -1.06. The molecule has 1 aliphatic heterocycles. The first-order chi connectivity index (χ1) is 7.65. The molecule has 0 aliphatic carbocycles. The van der Waals surface area contributed by atoms with Crippen molar-refractivity contribution in [3.63, 3.8) is 0 Å². The molecular formula is C9H18N2O5S. The van der Waals surface area contributed by atoms with Crippen LogP contribution in [0.15, 0.2) is 0 Å². The second kappa shape index (κ2) is 4.89. The van der Waals surface area contributed by atoms with Crippen molar-refractivity contribution in [2.75, 3.05) is 19.7 Å². The van der Waals surface area contributed by atoms with Crippen LogP contribution >= 0.6 is 0 Å². The van der Waals surface area contributed by atoms with E-state index < -0.39 is 28.4 Å². The van der Waals surface area contributed by atoms with Crippen LogP contribution in [0.25, 0.3) is 0 Å². The molecule has 0 aromatic carbocycles. The van der Waals surface area contributed by atoms with E-state index in [9.17, 15) is 13.2 Å². The van der Waals surface area contributed by atoms with E-state index in [1.807, 2.05) is 0 Å². The molecule has 0 aromatic rings. The molecule has 0 atom stereocenters. The molecule has 0 saturated carbocycles. The summed E-state index contributed by atoms with van der Waals surface area (Å²) in [6.07, 6.45) is 0. The van der Waals surface area contributed by atoms with Gasteiger partial charge in [0, 0.05) is 19.1 Å². The summed E-state index contributed by atoms with van der Waals surface area (Å²) in [6, 6.07) is -0.174. The number of nitrogens with one attached hydrogen (secondary N) is 1. The van der Waals surface area contributed by atoms with Gasteiger partial charge in [-0.05, 0) is 20.8 Å². The zero-order valence-corrected chi connectivity index (χ0v) is 11.0. The van der Waals surface area contributed by atoms with Gasteiger partial charge >= 0.3 is 5.97 Å². The standard InChI is InChI=1S/C9H18N2O5S/c1-7(2)10-17(14,15)11-5-9(3,6-11)16-4-8(12)13/h7,10H,4-6H2,1-3H3,(H,12,13). The number of hydrogen-bond acceptors (Lipinski definition) is 4. The zero-order chi connectivity index (χ0) is 13.3. The maximum atomic E-state index is 11.7. The highest BCUT2D eigenvalue weighted by molar-refractivity contribution is 7.87. The molecular weight excluding hydrogens is 248 g/mol. The van der Waals surface area contributed by atoms with Crippen LogP contribution in [0.5, 0.6) is 0 Å². The summed E-state index contributed by atoms with van der Waals surface area (Å²) in [4.78, 5) is 10.3. The van der Waals surface area contributed by atoms with E-state index >= 15 is 0 Å². The van der Waals surface area contributed by atoms with Crippen LogP contribution in [0.1, 0.15) is 20.8 Å². The minimum Gasteiger partial charge on any atom is -0.480 e. The zero-order valence-electron chi connectivity index (χ0n) is 10.1. The molecule has 1 aliphatic rings. The molecule has 2 N–H and O–H groups in total. The summed E-state index contributed by atoms with van der Waals surface area (Å²) in [5, 5.41) is 8.47. The Hall–Kier alpha value is -0.700. The van der Waals surface area contributed by atoms with E-state index in [1.165, 1.54) is 4.31 Å². The minimum atomic E-state index is -3.48. The fourth-order valence-electron chi connectivity index (χ4n) is 1.57. The lowest BCUT2D eigenvalue weighted by molar-refractivity contribution is -0.157. The highest BCUT2D eigenvalue weighted by Gasteiger charge is 2.46. The number of carboxylic acid groups (broad SMARTS) is 1. The van der Waals surface area contributed by atoms with Crippen LogP contribution < -0.4 is 4.72 Å². The molecule has 0 spiro atoms. The average molecular weight is 266 g/mol. The molecule has 8 heteroatoms. The summed E-state index contributed by atoms with van der Waals surface area (Å²) in [5.41, 5.74) is -0.704. The van der Waals surface area contributed by atoms with E-state index in [0.29, 0.717) is 0 Å². The highest BCUT2D eigenvalue weighted by Crippen LogP contribution is 2.26. The van der Waals surface area contributed by atoms with Crippen LogP contribution in [0, 0.1) is 0 Å². The van der Waals surface area contributed by atoms with Crippen LogP contribution in [-0.4, -0.2) is 55.1 Å². The molecule has 0 aromatic heterocycles. The van der Waals surface area contributed by atoms with Gasteiger partial charge in [-0.1, -0.05) is 0 Å². The topological polar surface area (TPSA) is 95.9 Å². The molecule has 1 rings (SSSR count). The van der Waals surface area contributed by atoms with Crippen LogP contribution in [0.2, 0.25) is 0 Å². The third-order valence-corrected chi connectivity index (χ3v) is 4.00. The Bertz CT molecular complexity index is 386. The van der Waals surface area contributed by atoms with Gasteiger partial charge in [-0.3, -0.25) is 0 Å². The van der Waals surface area contributed by atoms with E-state index in [-0.39, 0.29) is 19.1 Å². The quantitative estimate of drug-likeness (QED) is 0.669. The summed E-state index contributed by atoms with van der Waals surface area (Å²) in [7, 11) is -3.48. The number of ether oxygens (including phenoxy) is 1. The Morgan fingerprint density at radius 1 is 1.53 bits per heavy atom. The molecule has 17 heavy (non-hydrogen) atoms. The number of carbonyl (C=O) groups is 1. The maximum Gasteiger partial charge on any atom is 0.329 e. The van der Waals surface area contributed by atoms with Crippen molar-refractivity contribution < 1.29 is 23.1 Å². The van der Waals surface area contributed by atoms with Crippen molar-refractivity contribution in [2.24, 2.45) is 0 Å².